The van der Waals surface area contributed by atoms with E-state index >= 15 is 0 Å². The fourth-order valence-corrected chi connectivity index (χ4v) is 2.71. The van der Waals surface area contributed by atoms with Crippen LogP contribution in [-0.4, -0.2) is 35.9 Å². The van der Waals surface area contributed by atoms with Crippen molar-refractivity contribution in [3.63, 3.8) is 0 Å². The Morgan fingerprint density at radius 3 is 2.25 bits per heavy atom. The summed E-state index contributed by atoms with van der Waals surface area (Å²) in [6.07, 6.45) is 2.19. The summed E-state index contributed by atoms with van der Waals surface area (Å²) in [6, 6.07) is 12.3. The Kier molecular flexibility index (Phi) is 9.30. The number of nitrogens with one attached hydrogen (secondary N) is 4. The molecule has 2 aromatic carbocycles. The lowest BCUT2D eigenvalue weighted by atomic mass is 10.1. The molecule has 0 spiro atoms. The zero-order chi connectivity index (χ0) is 23.5. The molecule has 4 N–H and O–H groups in total. The van der Waals surface area contributed by atoms with Gasteiger partial charge in [-0.25, -0.2) is 4.79 Å². The number of esters is 1. The molecular weight excluding hydrogens is 432 g/mol. The van der Waals surface area contributed by atoms with Crippen LogP contribution in [0.4, 0.5) is 5.69 Å². The Morgan fingerprint density at radius 1 is 0.906 bits per heavy atom. The molecule has 0 bridgehead atoms. The zero-order valence-electron chi connectivity index (χ0n) is 17.7. The lowest BCUT2D eigenvalue weighted by Crippen LogP contribution is -2.48. The van der Waals surface area contributed by atoms with E-state index in [0.29, 0.717) is 17.7 Å². The molecule has 32 heavy (non-hydrogen) atoms. The predicted molar refractivity (Wildman–Crippen MR) is 123 cm³/mol. The van der Waals surface area contributed by atoms with Gasteiger partial charge >= 0.3 is 5.97 Å². The van der Waals surface area contributed by atoms with Crippen LogP contribution >= 0.6 is 12.2 Å². The molecule has 0 aliphatic carbocycles. The van der Waals surface area contributed by atoms with E-state index in [4.69, 9.17) is 12.2 Å². The first-order valence-electron chi connectivity index (χ1n) is 9.84. The summed E-state index contributed by atoms with van der Waals surface area (Å²) in [5.74, 6) is -1.70. The lowest BCUT2D eigenvalue weighted by Gasteiger charge is -2.11. The highest BCUT2D eigenvalue weighted by Gasteiger charge is 2.13. The monoisotopic (exact) mass is 456 g/mol. The van der Waals surface area contributed by atoms with Gasteiger partial charge in [-0.3, -0.25) is 30.6 Å². The number of amides is 3. The van der Waals surface area contributed by atoms with Gasteiger partial charge in [0.25, 0.3) is 11.8 Å². The maximum absolute atomic E-state index is 12.3. The van der Waals surface area contributed by atoms with E-state index in [2.05, 4.69) is 26.2 Å². The Labute approximate surface area is 190 Å². The summed E-state index contributed by atoms with van der Waals surface area (Å²) < 4.78 is 4.62. The van der Waals surface area contributed by atoms with Gasteiger partial charge in [-0.2, -0.15) is 0 Å². The van der Waals surface area contributed by atoms with Gasteiger partial charge in [-0.1, -0.05) is 19.4 Å². The molecule has 2 aromatic rings. The Morgan fingerprint density at radius 2 is 1.59 bits per heavy atom. The first-order valence-corrected chi connectivity index (χ1v) is 10.2. The topological polar surface area (TPSA) is 126 Å². The molecule has 0 radical (unpaired) electrons. The fourth-order valence-electron chi connectivity index (χ4n) is 2.56. The van der Waals surface area contributed by atoms with Crippen molar-refractivity contribution in [3.05, 3.63) is 65.2 Å². The summed E-state index contributed by atoms with van der Waals surface area (Å²) in [5, 5.41) is 5.03. The molecule has 0 aliphatic heterocycles. The Hall–Kier alpha value is -3.79. The van der Waals surface area contributed by atoms with Crippen LogP contribution in [0, 0.1) is 0 Å². The van der Waals surface area contributed by atoms with Crippen molar-refractivity contribution in [2.75, 3.05) is 12.4 Å². The van der Waals surface area contributed by atoms with Crippen molar-refractivity contribution in [2.24, 2.45) is 0 Å². The van der Waals surface area contributed by atoms with Crippen LogP contribution in [0.25, 0.3) is 0 Å². The highest BCUT2D eigenvalue weighted by atomic mass is 32.1. The minimum Gasteiger partial charge on any atom is -0.465 e. The van der Waals surface area contributed by atoms with Crippen molar-refractivity contribution in [1.82, 2.24) is 16.2 Å². The molecule has 0 saturated heterocycles. The number of unbranched alkanes of at least 4 members (excludes halogenated alkanes) is 1. The summed E-state index contributed by atoms with van der Waals surface area (Å²) in [7, 11) is 1.24. The number of methoxy groups -OCH3 is 1. The third-order valence-corrected chi connectivity index (χ3v) is 4.45. The number of hydrogen-bond donors (Lipinski definition) is 4. The van der Waals surface area contributed by atoms with Crippen LogP contribution in [0.1, 0.15) is 57.3 Å². The van der Waals surface area contributed by atoms with Gasteiger partial charge in [-0.05, 0) is 61.1 Å². The summed E-state index contributed by atoms with van der Waals surface area (Å²) >= 11 is 5.01. The van der Waals surface area contributed by atoms with Crippen molar-refractivity contribution in [3.8, 4) is 0 Å². The van der Waals surface area contributed by atoms with Gasteiger partial charge in [0.05, 0.1) is 12.7 Å². The quantitative estimate of drug-likeness (QED) is 0.287. The molecule has 0 fully saturated rings. The SMILES string of the molecule is CCCCC(=O)Nc1ccc(C(=O)NNC(=S)NC(=O)c2cccc(C(=O)OC)c2)cc1. The molecule has 3 amide bonds. The number of benzene rings is 2. The molecule has 0 atom stereocenters. The molecule has 2 rings (SSSR count). The molecule has 0 saturated carbocycles. The minimum absolute atomic E-state index is 0.0797. The number of thiocarbonyl (C=S) groups is 1. The van der Waals surface area contributed by atoms with Gasteiger partial charge in [0, 0.05) is 23.2 Å². The van der Waals surface area contributed by atoms with Crippen molar-refractivity contribution < 1.29 is 23.9 Å². The Bertz CT molecular complexity index is 1010. The van der Waals surface area contributed by atoms with Gasteiger partial charge in [0.15, 0.2) is 5.11 Å². The number of anilines is 1. The highest BCUT2D eigenvalue weighted by Crippen LogP contribution is 2.11. The van der Waals surface area contributed by atoms with E-state index < -0.39 is 17.8 Å². The number of hydrogen-bond acceptors (Lipinski definition) is 6. The van der Waals surface area contributed by atoms with Gasteiger partial charge in [0.2, 0.25) is 5.91 Å². The third kappa shape index (κ3) is 7.47. The van der Waals surface area contributed by atoms with Crippen LogP contribution in [0.3, 0.4) is 0 Å². The van der Waals surface area contributed by atoms with E-state index in [1.807, 2.05) is 6.92 Å². The second-order valence-electron chi connectivity index (χ2n) is 6.66. The molecule has 0 aromatic heterocycles. The average molecular weight is 457 g/mol. The highest BCUT2D eigenvalue weighted by molar-refractivity contribution is 7.80. The standard InChI is InChI=1S/C22H24N4O5S/c1-3-4-8-18(27)23-17-11-9-14(10-12-17)20(29)25-26-22(32)24-19(28)15-6-5-7-16(13-15)21(30)31-2/h5-7,9-13H,3-4,8H2,1-2H3,(H,23,27)(H,25,29)(H2,24,26,28,32). The number of rotatable bonds is 7. The van der Waals surface area contributed by atoms with Crippen molar-refractivity contribution >= 4 is 46.7 Å². The molecule has 0 aliphatic rings. The van der Waals surface area contributed by atoms with Gasteiger partial charge in [0.1, 0.15) is 0 Å². The second-order valence-corrected chi connectivity index (χ2v) is 7.07. The van der Waals surface area contributed by atoms with Crippen molar-refractivity contribution in [1.29, 1.82) is 0 Å². The average Bonchev–Trinajstić information content (AvgIpc) is 2.81. The van der Waals surface area contributed by atoms with Crippen molar-refractivity contribution in [2.45, 2.75) is 26.2 Å². The van der Waals surface area contributed by atoms with Crippen LogP contribution in [0.5, 0.6) is 0 Å². The van der Waals surface area contributed by atoms with Crippen LogP contribution in [0.2, 0.25) is 0 Å². The Balaban J connectivity index is 1.85. The lowest BCUT2D eigenvalue weighted by molar-refractivity contribution is -0.116. The molecule has 9 nitrogen and oxygen atoms in total. The number of ether oxygens (including phenoxy) is 1. The molecule has 168 valence electrons. The van der Waals surface area contributed by atoms with E-state index in [1.165, 1.54) is 31.4 Å². The van der Waals surface area contributed by atoms with E-state index in [0.717, 1.165) is 12.8 Å². The molecule has 0 heterocycles. The van der Waals surface area contributed by atoms with E-state index in [9.17, 15) is 19.2 Å². The number of hydrazine groups is 1. The van der Waals surface area contributed by atoms with E-state index in [1.54, 1.807) is 24.3 Å². The maximum atomic E-state index is 12.3. The zero-order valence-corrected chi connectivity index (χ0v) is 18.5. The van der Waals surface area contributed by atoms with Gasteiger partial charge in [-0.15, -0.1) is 0 Å². The maximum Gasteiger partial charge on any atom is 0.337 e. The number of carbonyl (C=O) groups excluding carboxylic acids is 4. The first-order chi connectivity index (χ1) is 15.3. The third-order valence-electron chi connectivity index (χ3n) is 4.25. The summed E-state index contributed by atoms with van der Waals surface area (Å²) in [5.41, 5.74) is 6.14. The van der Waals surface area contributed by atoms with Crippen LogP contribution in [0.15, 0.2) is 48.5 Å². The largest absolute Gasteiger partial charge is 0.465 e. The minimum atomic E-state index is -0.570. The first kappa shape index (κ1) is 24.5. The smallest absolute Gasteiger partial charge is 0.337 e. The van der Waals surface area contributed by atoms with Crippen LogP contribution in [-0.2, 0) is 9.53 Å². The molecular formula is C22H24N4O5S. The van der Waals surface area contributed by atoms with Crippen LogP contribution < -0.4 is 21.5 Å². The van der Waals surface area contributed by atoms with Gasteiger partial charge < -0.3 is 10.1 Å². The fraction of sp³-hybridized carbons (Fsp3) is 0.227. The second kappa shape index (κ2) is 12.2. The summed E-state index contributed by atoms with van der Waals surface area (Å²) in [4.78, 5) is 47.9. The molecule has 0 unspecified atom stereocenters. The summed E-state index contributed by atoms with van der Waals surface area (Å²) in [6.45, 7) is 2.01. The van der Waals surface area contributed by atoms with E-state index in [-0.39, 0.29) is 22.1 Å². The number of carbonyl (C=O) groups is 4. The predicted octanol–water partition coefficient (Wildman–Crippen LogP) is 2.55. The molecule has 10 heteroatoms. The normalized spacial score (nSPS) is 9.94.